The average molecular weight is 860 g/mol. The highest BCUT2D eigenvalue weighted by atomic mass is 19.1. The molecule has 1 unspecified atom stereocenters. The highest BCUT2D eigenvalue weighted by molar-refractivity contribution is 5.96. The van der Waals surface area contributed by atoms with Crippen LogP contribution in [0, 0.1) is 22.6 Å². The third-order valence-corrected chi connectivity index (χ3v) is 12.5. The zero-order valence-electron chi connectivity index (χ0n) is 36.5. The largest absolute Gasteiger partial charge is 0.456 e. The lowest BCUT2D eigenvalue weighted by molar-refractivity contribution is -0.346. The van der Waals surface area contributed by atoms with Gasteiger partial charge in [0, 0.05) is 31.6 Å². The Labute approximate surface area is 354 Å². The number of allylic oxidation sites excluding steroid dienone is 1. The summed E-state index contributed by atoms with van der Waals surface area (Å²) in [6.07, 6.45) is -10.7. The van der Waals surface area contributed by atoms with Gasteiger partial charge in [-0.3, -0.25) is 14.4 Å². The van der Waals surface area contributed by atoms with Crippen LogP contribution in [0.15, 0.2) is 47.1 Å². The Hall–Kier alpha value is -4.71. The molecule has 1 saturated heterocycles. The smallest absolute Gasteiger partial charge is 0.408 e. The Balaban J connectivity index is 1.75. The van der Waals surface area contributed by atoms with E-state index < -0.39 is 124 Å². The minimum Gasteiger partial charge on any atom is -0.456 e. The zero-order valence-corrected chi connectivity index (χ0v) is 36.5. The van der Waals surface area contributed by atoms with Gasteiger partial charge in [0.15, 0.2) is 23.6 Å². The number of amides is 1. The first-order valence-electron chi connectivity index (χ1n) is 20.3. The summed E-state index contributed by atoms with van der Waals surface area (Å²) in [7, 11) is 0. The lowest BCUT2D eigenvalue weighted by Gasteiger charge is -2.67. The molecule has 336 valence electrons. The Morgan fingerprint density at radius 2 is 1.72 bits per heavy atom. The molecule has 4 aliphatic rings. The van der Waals surface area contributed by atoms with Crippen molar-refractivity contribution in [2.75, 3.05) is 6.61 Å². The number of carbonyl (C=O) groups is 6. The van der Waals surface area contributed by atoms with Crippen LogP contribution < -0.4 is 5.32 Å². The lowest BCUT2D eigenvalue weighted by Crippen LogP contribution is -2.82. The first-order valence-corrected chi connectivity index (χ1v) is 20.3. The second kappa shape index (κ2) is 16.9. The van der Waals surface area contributed by atoms with Gasteiger partial charge >= 0.3 is 30.0 Å². The van der Waals surface area contributed by atoms with E-state index in [1.165, 1.54) is 52.8 Å². The first kappa shape index (κ1) is 47.3. The van der Waals surface area contributed by atoms with E-state index in [-0.39, 0.29) is 36.2 Å². The number of Topliss-reactive ketones (excluding diaryl/α,β-unsaturated/α-hetero) is 1. The number of nitrogens with one attached hydrogen (secondary N) is 1. The van der Waals surface area contributed by atoms with Gasteiger partial charge in [-0.25, -0.2) is 18.8 Å². The van der Waals surface area contributed by atoms with Crippen molar-refractivity contribution in [3.05, 3.63) is 58.4 Å². The molecule has 61 heavy (non-hydrogen) atoms. The normalized spacial score (nSPS) is 32.5. The number of aliphatic hydroxyl groups is 3. The van der Waals surface area contributed by atoms with Gasteiger partial charge in [0.05, 0.1) is 35.6 Å². The van der Waals surface area contributed by atoms with Crippen molar-refractivity contribution in [3.8, 4) is 0 Å². The third kappa shape index (κ3) is 8.58. The summed E-state index contributed by atoms with van der Waals surface area (Å²) in [6.45, 7) is 16.3. The number of hydrogen-bond donors (Lipinski definition) is 4. The van der Waals surface area contributed by atoms with Crippen molar-refractivity contribution in [3.63, 3.8) is 0 Å². The maximum Gasteiger partial charge on any atom is 0.408 e. The Morgan fingerprint density at radius 3 is 2.26 bits per heavy atom. The minimum absolute atomic E-state index is 0.0553. The number of benzene rings is 1. The van der Waals surface area contributed by atoms with Crippen LogP contribution in [-0.4, -0.2) is 117 Å². The van der Waals surface area contributed by atoms with Gasteiger partial charge < -0.3 is 49.1 Å². The molecule has 4 N–H and O–H groups in total. The number of alkyl carbamates (subject to hydrolysis) is 1. The summed E-state index contributed by atoms with van der Waals surface area (Å²) < 4.78 is 49.9. The number of halogens is 1. The van der Waals surface area contributed by atoms with Gasteiger partial charge in [0.1, 0.15) is 35.3 Å². The van der Waals surface area contributed by atoms with Crippen LogP contribution in [0.1, 0.15) is 106 Å². The fourth-order valence-electron chi connectivity index (χ4n) is 9.48. The molecule has 2 bridgehead atoms. The standard InChI is InChI=1S/C44H58FNO15/c1-12-30(49)58-33-31-22(4)27(57-38(53)32(50)26(16-21(2)3)46-39(54)61-40(6,7)8)19-44(55,41(31,9)10)36(59-37(52)24-14-13-15-25(45)17-24)34-42(11,35(33)51)28(48)18-29-43(34,20-56-29)60-23(5)47/h13-17,26-29,32-34,36,48,50,55H,12,18-20H2,1-11H3,(H,46,54)/t26-,27-,28-,29+,32+,33+,34?,36-,42+,43-,44+/m0/s1. The van der Waals surface area contributed by atoms with Gasteiger partial charge in [-0.2, -0.15) is 0 Å². The molecule has 1 heterocycles. The van der Waals surface area contributed by atoms with E-state index in [0.717, 1.165) is 19.1 Å². The van der Waals surface area contributed by atoms with Crippen molar-refractivity contribution < 1.29 is 76.9 Å². The maximum atomic E-state index is 15.5. The maximum absolute atomic E-state index is 15.5. The predicted octanol–water partition coefficient (Wildman–Crippen LogP) is 3.95. The van der Waals surface area contributed by atoms with E-state index in [0.29, 0.717) is 5.57 Å². The number of ketones is 1. The second-order valence-corrected chi connectivity index (χ2v) is 18.4. The number of rotatable bonds is 10. The molecule has 1 aliphatic heterocycles. The van der Waals surface area contributed by atoms with Crippen LogP contribution in [0.3, 0.4) is 0 Å². The van der Waals surface area contributed by atoms with Crippen LogP contribution >= 0.6 is 0 Å². The molecular weight excluding hydrogens is 801 g/mol. The van der Waals surface area contributed by atoms with Crippen molar-refractivity contribution in [1.82, 2.24) is 5.32 Å². The van der Waals surface area contributed by atoms with Gasteiger partial charge in [0.2, 0.25) is 0 Å². The fourth-order valence-corrected chi connectivity index (χ4v) is 9.48. The van der Waals surface area contributed by atoms with Gasteiger partial charge in [-0.15, -0.1) is 0 Å². The van der Waals surface area contributed by atoms with E-state index in [1.807, 2.05) is 0 Å². The number of ether oxygens (including phenoxy) is 6. The molecule has 0 aromatic heterocycles. The van der Waals surface area contributed by atoms with Crippen LogP contribution in [0.25, 0.3) is 0 Å². The molecule has 3 aliphatic carbocycles. The molecular formula is C44H58FNO15. The Kier molecular flexibility index (Phi) is 13.1. The lowest BCUT2D eigenvalue weighted by atomic mass is 9.44. The SMILES string of the molecule is CCC(=O)O[C@H]1C(=O)[C@@]2(C)C([C@H](OC(=O)c3cccc(F)c3)[C@]3(O)C[C@H](OC(=O)[C@H](O)[C@H](C=C(C)C)NC(=O)OC(C)(C)C)C(C)=C1C3(C)C)[C@]1(OC(C)=O)CO[C@@H]1C[C@@H]2O. The molecule has 11 atom stereocenters. The number of carbonyl (C=O) groups excluding carboxylic acids is 6. The van der Waals surface area contributed by atoms with Crippen LogP contribution in [0.4, 0.5) is 9.18 Å². The molecule has 3 fully saturated rings. The monoisotopic (exact) mass is 859 g/mol. The summed E-state index contributed by atoms with van der Waals surface area (Å²) in [5, 5.41) is 39.6. The Bertz CT molecular complexity index is 2020. The molecule has 2 saturated carbocycles. The molecule has 16 nitrogen and oxygen atoms in total. The van der Waals surface area contributed by atoms with E-state index >= 15 is 4.79 Å². The van der Waals surface area contributed by atoms with Gasteiger partial charge in [0.25, 0.3) is 0 Å². The van der Waals surface area contributed by atoms with Crippen LogP contribution in [0.2, 0.25) is 0 Å². The summed E-state index contributed by atoms with van der Waals surface area (Å²) in [4.78, 5) is 82.8. The average Bonchev–Trinajstić information content (AvgIpc) is 3.14. The van der Waals surface area contributed by atoms with Crippen molar-refractivity contribution in [2.24, 2.45) is 16.7 Å². The van der Waals surface area contributed by atoms with Crippen LogP contribution in [0.5, 0.6) is 0 Å². The van der Waals surface area contributed by atoms with Crippen LogP contribution in [-0.2, 0) is 47.6 Å². The Morgan fingerprint density at radius 1 is 1.07 bits per heavy atom. The third-order valence-electron chi connectivity index (χ3n) is 12.5. The van der Waals surface area contributed by atoms with Crippen molar-refractivity contribution >= 4 is 35.8 Å². The molecule has 5 rings (SSSR count). The first-order chi connectivity index (χ1) is 28.1. The number of fused-ring (bicyclic) bond motifs is 5. The fraction of sp³-hybridized carbons (Fsp3) is 0.636. The minimum atomic E-state index is -2.48. The molecule has 0 spiro atoms. The van der Waals surface area contributed by atoms with Gasteiger partial charge in [-0.1, -0.05) is 38.5 Å². The van der Waals surface area contributed by atoms with E-state index in [2.05, 4.69) is 5.32 Å². The molecule has 17 heteroatoms. The number of hydrogen-bond acceptors (Lipinski definition) is 15. The van der Waals surface area contributed by atoms with Crippen molar-refractivity contribution in [2.45, 2.75) is 155 Å². The molecule has 1 amide bonds. The molecule has 0 radical (unpaired) electrons. The predicted molar refractivity (Wildman–Crippen MR) is 212 cm³/mol. The van der Waals surface area contributed by atoms with Gasteiger partial charge in [-0.05, 0) is 77.8 Å². The summed E-state index contributed by atoms with van der Waals surface area (Å²) >= 11 is 0. The highest BCUT2D eigenvalue weighted by Crippen LogP contribution is 2.64. The van der Waals surface area contributed by atoms with E-state index in [9.17, 15) is 43.7 Å². The zero-order chi connectivity index (χ0) is 45.8. The molecule has 1 aromatic carbocycles. The van der Waals surface area contributed by atoms with Crippen molar-refractivity contribution in [1.29, 1.82) is 0 Å². The quantitative estimate of drug-likeness (QED) is 0.148. The molecule has 1 aromatic rings. The highest BCUT2D eigenvalue weighted by Gasteiger charge is 2.78. The number of aliphatic hydroxyl groups excluding tert-OH is 2. The number of esters is 4. The summed E-state index contributed by atoms with van der Waals surface area (Å²) in [6, 6.07) is 3.14. The summed E-state index contributed by atoms with van der Waals surface area (Å²) in [5.74, 6) is -7.47. The van der Waals surface area contributed by atoms with E-state index in [1.54, 1.807) is 34.6 Å². The van der Waals surface area contributed by atoms with E-state index in [4.69, 9.17) is 28.4 Å². The topological polar surface area (TPSA) is 231 Å². The second-order valence-electron chi connectivity index (χ2n) is 18.4. The summed E-state index contributed by atoms with van der Waals surface area (Å²) in [5.41, 5.74) is -8.74.